The van der Waals surface area contributed by atoms with Gasteiger partial charge in [0.1, 0.15) is 0 Å². The summed E-state index contributed by atoms with van der Waals surface area (Å²) in [5.74, 6) is -0.538. The highest BCUT2D eigenvalue weighted by Crippen LogP contribution is 2.30. The zero-order valence-electron chi connectivity index (χ0n) is 11.6. The van der Waals surface area contributed by atoms with E-state index in [0.717, 1.165) is 25.7 Å². The van der Waals surface area contributed by atoms with Gasteiger partial charge in [-0.2, -0.15) is 0 Å². The van der Waals surface area contributed by atoms with E-state index in [4.69, 9.17) is 5.73 Å². The third-order valence-electron chi connectivity index (χ3n) is 3.68. The van der Waals surface area contributed by atoms with Crippen LogP contribution < -0.4 is 11.1 Å². The predicted octanol–water partition coefficient (Wildman–Crippen LogP) is 2.07. The molecule has 1 amide bonds. The molecule has 3 N–H and O–H groups in total. The Kier molecular flexibility index (Phi) is 4.39. The van der Waals surface area contributed by atoms with E-state index in [-0.39, 0.29) is 11.4 Å². The molecule has 1 aromatic carbocycles. The van der Waals surface area contributed by atoms with E-state index in [1.807, 2.05) is 0 Å². The lowest BCUT2D eigenvalue weighted by Gasteiger charge is -2.22. The highest BCUT2D eigenvalue weighted by molar-refractivity contribution is 5.94. The average Bonchev–Trinajstić information content (AvgIpc) is 2.84. The Morgan fingerprint density at radius 1 is 1.35 bits per heavy atom. The number of anilines is 1. The van der Waals surface area contributed by atoms with Crippen molar-refractivity contribution in [2.45, 2.75) is 37.6 Å². The Labute approximate surface area is 118 Å². The lowest BCUT2D eigenvalue weighted by atomic mass is 9.94. The zero-order chi connectivity index (χ0) is 14.6. The number of rotatable bonds is 4. The predicted molar refractivity (Wildman–Crippen MR) is 76.4 cm³/mol. The average molecular weight is 276 g/mol. The smallest absolute Gasteiger partial charge is 0.337 e. The molecule has 0 heterocycles. The van der Waals surface area contributed by atoms with Crippen LogP contribution in [0.2, 0.25) is 0 Å². The molecule has 108 valence electrons. The quantitative estimate of drug-likeness (QED) is 0.825. The molecule has 0 unspecified atom stereocenters. The minimum Gasteiger partial charge on any atom is -0.465 e. The number of benzene rings is 1. The number of nitrogens with one attached hydrogen (secondary N) is 1. The van der Waals surface area contributed by atoms with Gasteiger partial charge in [0, 0.05) is 17.6 Å². The summed E-state index contributed by atoms with van der Waals surface area (Å²) in [5, 5.41) is 2.79. The van der Waals surface area contributed by atoms with Crippen LogP contribution in [0.25, 0.3) is 0 Å². The molecule has 0 atom stereocenters. The van der Waals surface area contributed by atoms with Crippen LogP contribution in [0.5, 0.6) is 0 Å². The second-order valence-corrected chi connectivity index (χ2v) is 5.37. The van der Waals surface area contributed by atoms with E-state index in [9.17, 15) is 9.59 Å². The van der Waals surface area contributed by atoms with Crippen molar-refractivity contribution in [3.05, 3.63) is 29.8 Å². The number of carbonyl (C=O) groups is 2. The molecule has 0 spiro atoms. The van der Waals surface area contributed by atoms with Gasteiger partial charge in [0.05, 0.1) is 12.7 Å². The third kappa shape index (κ3) is 3.57. The summed E-state index contributed by atoms with van der Waals surface area (Å²) in [7, 11) is 1.33. The van der Waals surface area contributed by atoms with E-state index < -0.39 is 5.97 Å². The van der Waals surface area contributed by atoms with Crippen molar-refractivity contribution in [3.8, 4) is 0 Å². The Hall–Kier alpha value is -1.88. The van der Waals surface area contributed by atoms with E-state index in [0.29, 0.717) is 17.7 Å². The maximum absolute atomic E-state index is 12.0. The van der Waals surface area contributed by atoms with Gasteiger partial charge in [-0.25, -0.2) is 4.79 Å². The van der Waals surface area contributed by atoms with Crippen molar-refractivity contribution in [1.29, 1.82) is 0 Å². The summed E-state index contributed by atoms with van der Waals surface area (Å²) >= 11 is 0. The zero-order valence-corrected chi connectivity index (χ0v) is 11.6. The van der Waals surface area contributed by atoms with E-state index >= 15 is 0 Å². The van der Waals surface area contributed by atoms with Crippen LogP contribution in [-0.4, -0.2) is 24.5 Å². The summed E-state index contributed by atoms with van der Waals surface area (Å²) < 4.78 is 4.65. The molecule has 0 saturated heterocycles. The summed E-state index contributed by atoms with van der Waals surface area (Å²) in [6, 6.07) is 6.68. The second-order valence-electron chi connectivity index (χ2n) is 5.37. The standard InChI is InChI=1S/C15H20N2O3/c1-20-14(19)11-5-4-6-12(9-11)17-13(18)10-15(16)7-2-3-8-15/h4-6,9H,2-3,7-8,10,16H2,1H3,(H,17,18). The van der Waals surface area contributed by atoms with E-state index in [1.165, 1.54) is 7.11 Å². The van der Waals surface area contributed by atoms with Crippen molar-refractivity contribution in [2.24, 2.45) is 5.73 Å². The van der Waals surface area contributed by atoms with Gasteiger partial charge >= 0.3 is 5.97 Å². The number of methoxy groups -OCH3 is 1. The molecule has 0 aliphatic heterocycles. The molecular weight excluding hydrogens is 256 g/mol. The molecule has 2 rings (SSSR count). The molecule has 5 nitrogen and oxygen atoms in total. The molecule has 0 radical (unpaired) electrons. The Bertz CT molecular complexity index is 508. The first-order valence-electron chi connectivity index (χ1n) is 6.79. The topological polar surface area (TPSA) is 81.4 Å². The van der Waals surface area contributed by atoms with Crippen LogP contribution >= 0.6 is 0 Å². The summed E-state index contributed by atoms with van der Waals surface area (Å²) in [5.41, 5.74) is 6.80. The molecule has 20 heavy (non-hydrogen) atoms. The largest absolute Gasteiger partial charge is 0.465 e. The van der Waals surface area contributed by atoms with Crippen molar-refractivity contribution in [2.75, 3.05) is 12.4 Å². The summed E-state index contributed by atoms with van der Waals surface area (Å²) in [6.45, 7) is 0. The van der Waals surface area contributed by atoms with Crippen molar-refractivity contribution in [1.82, 2.24) is 0 Å². The fourth-order valence-corrected chi connectivity index (χ4v) is 2.62. The Morgan fingerprint density at radius 3 is 2.70 bits per heavy atom. The number of esters is 1. The second kappa shape index (κ2) is 6.05. The van der Waals surface area contributed by atoms with Gasteiger partial charge in [-0.3, -0.25) is 4.79 Å². The maximum Gasteiger partial charge on any atom is 0.337 e. The first-order valence-corrected chi connectivity index (χ1v) is 6.79. The number of hydrogen-bond donors (Lipinski definition) is 2. The molecule has 1 aliphatic carbocycles. The fraction of sp³-hybridized carbons (Fsp3) is 0.467. The minimum absolute atomic E-state index is 0.114. The Balaban J connectivity index is 1.99. The molecule has 1 saturated carbocycles. The monoisotopic (exact) mass is 276 g/mol. The number of hydrogen-bond acceptors (Lipinski definition) is 4. The first kappa shape index (κ1) is 14.5. The Morgan fingerprint density at radius 2 is 2.05 bits per heavy atom. The number of amides is 1. The molecule has 1 fully saturated rings. The number of ether oxygens (including phenoxy) is 1. The SMILES string of the molecule is COC(=O)c1cccc(NC(=O)CC2(N)CCCC2)c1. The summed E-state index contributed by atoms with van der Waals surface area (Å²) in [6.07, 6.45) is 4.27. The van der Waals surface area contributed by atoms with Crippen LogP contribution in [0.1, 0.15) is 42.5 Å². The highest BCUT2D eigenvalue weighted by atomic mass is 16.5. The van der Waals surface area contributed by atoms with Gasteiger partial charge in [0.25, 0.3) is 0 Å². The maximum atomic E-state index is 12.0. The van der Waals surface area contributed by atoms with Gasteiger partial charge in [-0.1, -0.05) is 18.9 Å². The van der Waals surface area contributed by atoms with Crippen LogP contribution in [0, 0.1) is 0 Å². The third-order valence-corrected chi connectivity index (χ3v) is 3.68. The van der Waals surface area contributed by atoms with Crippen LogP contribution in [0.3, 0.4) is 0 Å². The molecule has 0 bridgehead atoms. The number of nitrogens with two attached hydrogens (primary N) is 1. The van der Waals surface area contributed by atoms with Crippen LogP contribution in [0.4, 0.5) is 5.69 Å². The van der Waals surface area contributed by atoms with Crippen molar-refractivity contribution < 1.29 is 14.3 Å². The van der Waals surface area contributed by atoms with Crippen molar-refractivity contribution in [3.63, 3.8) is 0 Å². The lowest BCUT2D eigenvalue weighted by Crippen LogP contribution is -2.40. The highest BCUT2D eigenvalue weighted by Gasteiger charge is 2.31. The van der Waals surface area contributed by atoms with Crippen molar-refractivity contribution >= 4 is 17.6 Å². The van der Waals surface area contributed by atoms with Gasteiger partial charge in [-0.05, 0) is 31.0 Å². The van der Waals surface area contributed by atoms with E-state index in [1.54, 1.807) is 24.3 Å². The molecular formula is C15H20N2O3. The summed E-state index contributed by atoms with van der Waals surface area (Å²) in [4.78, 5) is 23.4. The van der Waals surface area contributed by atoms with Gasteiger partial charge in [0.15, 0.2) is 0 Å². The van der Waals surface area contributed by atoms with Gasteiger partial charge in [0.2, 0.25) is 5.91 Å². The van der Waals surface area contributed by atoms with Crippen LogP contribution in [-0.2, 0) is 9.53 Å². The van der Waals surface area contributed by atoms with Gasteiger partial charge in [-0.15, -0.1) is 0 Å². The van der Waals surface area contributed by atoms with E-state index in [2.05, 4.69) is 10.1 Å². The first-order chi connectivity index (χ1) is 9.52. The molecule has 1 aromatic rings. The normalized spacial score (nSPS) is 16.7. The minimum atomic E-state index is -0.424. The molecule has 1 aliphatic rings. The molecule has 0 aromatic heterocycles. The molecule has 5 heteroatoms. The van der Waals surface area contributed by atoms with Gasteiger partial charge < -0.3 is 15.8 Å². The van der Waals surface area contributed by atoms with Crippen LogP contribution in [0.15, 0.2) is 24.3 Å². The number of carbonyl (C=O) groups excluding carboxylic acids is 2. The lowest BCUT2D eigenvalue weighted by molar-refractivity contribution is -0.117. The fourth-order valence-electron chi connectivity index (χ4n) is 2.62.